The summed E-state index contributed by atoms with van der Waals surface area (Å²) in [7, 11) is 0. The van der Waals surface area contributed by atoms with Gasteiger partial charge in [-0.05, 0) is 23.8 Å². The van der Waals surface area contributed by atoms with Gasteiger partial charge < -0.3 is 5.32 Å². The summed E-state index contributed by atoms with van der Waals surface area (Å²) in [5.74, 6) is -0.218. The van der Waals surface area contributed by atoms with Gasteiger partial charge in [-0.25, -0.2) is 9.37 Å². The third-order valence-electron chi connectivity index (χ3n) is 2.55. The van der Waals surface area contributed by atoms with E-state index in [1.807, 2.05) is 6.07 Å². The van der Waals surface area contributed by atoms with Gasteiger partial charge in [-0.15, -0.1) is 0 Å². The van der Waals surface area contributed by atoms with E-state index in [4.69, 9.17) is 0 Å². The number of pyridine rings is 1. The molecular formula is C13H10FN3S. The standard InChI is InChI=1S/C13H10FN3S/c14-10-3-1-9(2-4-10)7-16-13-17-11-8-15-6-5-12(11)18-13/h1-6,8H,7H2,(H,16,17). The molecule has 0 atom stereocenters. The fourth-order valence-electron chi connectivity index (χ4n) is 1.64. The Balaban J connectivity index is 1.74. The molecule has 2 aromatic heterocycles. The lowest BCUT2D eigenvalue weighted by molar-refractivity contribution is 0.627. The van der Waals surface area contributed by atoms with Crippen molar-refractivity contribution in [3.8, 4) is 0 Å². The quantitative estimate of drug-likeness (QED) is 0.783. The SMILES string of the molecule is Fc1ccc(CNc2nc3cnccc3s2)cc1. The Bertz CT molecular complexity index is 630. The zero-order valence-corrected chi connectivity index (χ0v) is 10.2. The van der Waals surface area contributed by atoms with Crippen molar-refractivity contribution >= 4 is 26.7 Å². The number of aromatic nitrogens is 2. The van der Waals surface area contributed by atoms with Crippen molar-refractivity contribution in [3.05, 3.63) is 54.1 Å². The molecule has 0 unspecified atom stereocenters. The van der Waals surface area contributed by atoms with Crippen LogP contribution in [0, 0.1) is 5.82 Å². The van der Waals surface area contributed by atoms with Crippen LogP contribution in [0.5, 0.6) is 0 Å². The fraction of sp³-hybridized carbons (Fsp3) is 0.0769. The topological polar surface area (TPSA) is 37.8 Å². The van der Waals surface area contributed by atoms with Crippen LogP contribution in [0.25, 0.3) is 10.2 Å². The van der Waals surface area contributed by atoms with Gasteiger partial charge in [-0.3, -0.25) is 4.98 Å². The third-order valence-corrected chi connectivity index (χ3v) is 3.54. The molecule has 3 nitrogen and oxygen atoms in total. The molecule has 0 saturated heterocycles. The van der Waals surface area contributed by atoms with E-state index in [1.54, 1.807) is 35.9 Å². The largest absolute Gasteiger partial charge is 0.357 e. The van der Waals surface area contributed by atoms with E-state index in [9.17, 15) is 4.39 Å². The average molecular weight is 259 g/mol. The van der Waals surface area contributed by atoms with Crippen LogP contribution in [-0.2, 0) is 6.54 Å². The molecule has 18 heavy (non-hydrogen) atoms. The molecule has 0 aliphatic rings. The smallest absolute Gasteiger partial charge is 0.184 e. The van der Waals surface area contributed by atoms with Crippen LogP contribution in [-0.4, -0.2) is 9.97 Å². The van der Waals surface area contributed by atoms with E-state index in [0.717, 1.165) is 20.9 Å². The van der Waals surface area contributed by atoms with Crippen molar-refractivity contribution in [2.45, 2.75) is 6.54 Å². The lowest BCUT2D eigenvalue weighted by Gasteiger charge is -2.02. The number of hydrogen-bond acceptors (Lipinski definition) is 4. The number of nitrogens with one attached hydrogen (secondary N) is 1. The maximum atomic E-state index is 12.8. The lowest BCUT2D eigenvalue weighted by Crippen LogP contribution is -1.98. The Kier molecular flexibility index (Phi) is 2.90. The van der Waals surface area contributed by atoms with Gasteiger partial charge in [0, 0.05) is 12.7 Å². The number of nitrogens with zero attached hydrogens (tertiary/aromatic N) is 2. The molecular weight excluding hydrogens is 249 g/mol. The molecule has 0 aliphatic heterocycles. The molecule has 0 bridgehead atoms. The summed E-state index contributed by atoms with van der Waals surface area (Å²) in [6.45, 7) is 0.632. The summed E-state index contributed by atoms with van der Waals surface area (Å²) >= 11 is 1.58. The van der Waals surface area contributed by atoms with E-state index in [-0.39, 0.29) is 5.82 Å². The Morgan fingerprint density at radius 1 is 1.17 bits per heavy atom. The first-order valence-corrected chi connectivity index (χ1v) is 6.32. The van der Waals surface area contributed by atoms with Gasteiger partial charge in [-0.1, -0.05) is 23.5 Å². The lowest BCUT2D eigenvalue weighted by atomic mass is 10.2. The summed E-state index contributed by atoms with van der Waals surface area (Å²) in [6, 6.07) is 8.38. The van der Waals surface area contributed by atoms with Crippen LogP contribution in [0.1, 0.15) is 5.56 Å². The first kappa shape index (κ1) is 11.1. The van der Waals surface area contributed by atoms with Crippen molar-refractivity contribution in [1.29, 1.82) is 0 Å². The second-order valence-electron chi connectivity index (χ2n) is 3.84. The van der Waals surface area contributed by atoms with E-state index >= 15 is 0 Å². The van der Waals surface area contributed by atoms with Crippen molar-refractivity contribution < 1.29 is 4.39 Å². The Morgan fingerprint density at radius 2 is 2.00 bits per heavy atom. The predicted molar refractivity (Wildman–Crippen MR) is 71.1 cm³/mol. The second-order valence-corrected chi connectivity index (χ2v) is 4.87. The first-order valence-electron chi connectivity index (χ1n) is 5.50. The predicted octanol–water partition coefficient (Wildman–Crippen LogP) is 3.44. The van der Waals surface area contributed by atoms with Crippen molar-refractivity contribution in [2.75, 3.05) is 5.32 Å². The van der Waals surface area contributed by atoms with E-state index in [1.165, 1.54) is 12.1 Å². The highest BCUT2D eigenvalue weighted by Gasteiger charge is 2.02. The maximum Gasteiger partial charge on any atom is 0.184 e. The van der Waals surface area contributed by atoms with Crippen molar-refractivity contribution in [1.82, 2.24) is 9.97 Å². The minimum Gasteiger partial charge on any atom is -0.357 e. The second kappa shape index (κ2) is 4.70. The molecule has 3 aromatic rings. The number of fused-ring (bicyclic) bond motifs is 1. The molecule has 5 heteroatoms. The molecule has 1 N–H and O–H groups in total. The molecule has 0 spiro atoms. The highest BCUT2D eigenvalue weighted by molar-refractivity contribution is 7.22. The number of halogens is 1. The Labute approximate surface area is 107 Å². The van der Waals surface area contributed by atoms with E-state index in [0.29, 0.717) is 6.54 Å². The average Bonchev–Trinajstić information content (AvgIpc) is 2.81. The van der Waals surface area contributed by atoms with Gasteiger partial charge >= 0.3 is 0 Å². The molecule has 0 saturated carbocycles. The van der Waals surface area contributed by atoms with Gasteiger partial charge in [0.1, 0.15) is 11.3 Å². The van der Waals surface area contributed by atoms with E-state index < -0.39 is 0 Å². The van der Waals surface area contributed by atoms with Gasteiger partial charge in [0.05, 0.1) is 10.9 Å². The van der Waals surface area contributed by atoms with Crippen LogP contribution in [0.2, 0.25) is 0 Å². The minimum atomic E-state index is -0.218. The summed E-state index contributed by atoms with van der Waals surface area (Å²) in [4.78, 5) is 8.45. The summed E-state index contributed by atoms with van der Waals surface area (Å²) in [5.41, 5.74) is 1.91. The summed E-state index contributed by atoms with van der Waals surface area (Å²) in [5, 5.41) is 4.08. The number of benzene rings is 1. The number of hydrogen-bond donors (Lipinski definition) is 1. The van der Waals surface area contributed by atoms with Gasteiger partial charge in [0.25, 0.3) is 0 Å². The zero-order chi connectivity index (χ0) is 12.4. The molecule has 3 rings (SSSR count). The maximum absolute atomic E-state index is 12.8. The van der Waals surface area contributed by atoms with Crippen LogP contribution in [0.3, 0.4) is 0 Å². The highest BCUT2D eigenvalue weighted by atomic mass is 32.1. The molecule has 0 fully saturated rings. The molecule has 0 radical (unpaired) electrons. The van der Waals surface area contributed by atoms with E-state index in [2.05, 4.69) is 15.3 Å². The summed E-state index contributed by atoms with van der Waals surface area (Å²) in [6.07, 6.45) is 3.50. The van der Waals surface area contributed by atoms with Crippen LogP contribution >= 0.6 is 11.3 Å². The Morgan fingerprint density at radius 3 is 2.78 bits per heavy atom. The molecule has 0 amide bonds. The fourth-order valence-corrected chi connectivity index (χ4v) is 2.46. The monoisotopic (exact) mass is 259 g/mol. The minimum absolute atomic E-state index is 0.218. The van der Waals surface area contributed by atoms with Crippen molar-refractivity contribution in [3.63, 3.8) is 0 Å². The molecule has 2 heterocycles. The number of anilines is 1. The molecule has 90 valence electrons. The van der Waals surface area contributed by atoms with Crippen LogP contribution in [0.4, 0.5) is 9.52 Å². The van der Waals surface area contributed by atoms with Gasteiger partial charge in [0.2, 0.25) is 0 Å². The highest BCUT2D eigenvalue weighted by Crippen LogP contribution is 2.24. The molecule has 0 aliphatic carbocycles. The van der Waals surface area contributed by atoms with Crippen molar-refractivity contribution in [2.24, 2.45) is 0 Å². The number of rotatable bonds is 3. The van der Waals surface area contributed by atoms with Gasteiger partial charge in [-0.2, -0.15) is 0 Å². The normalized spacial score (nSPS) is 10.7. The molecule has 1 aromatic carbocycles. The summed E-state index contributed by atoms with van der Waals surface area (Å²) < 4.78 is 13.9. The Hall–Kier alpha value is -2.01. The number of thiazole rings is 1. The first-order chi connectivity index (χ1) is 8.81. The zero-order valence-electron chi connectivity index (χ0n) is 9.43. The van der Waals surface area contributed by atoms with Gasteiger partial charge in [0.15, 0.2) is 5.13 Å². The van der Waals surface area contributed by atoms with Crippen LogP contribution < -0.4 is 5.32 Å². The van der Waals surface area contributed by atoms with Crippen LogP contribution in [0.15, 0.2) is 42.7 Å². The third kappa shape index (κ3) is 2.31.